The fourth-order valence-corrected chi connectivity index (χ4v) is 2.36. The summed E-state index contributed by atoms with van der Waals surface area (Å²) in [6.45, 7) is 4.23. The van der Waals surface area contributed by atoms with Crippen LogP contribution in [0.3, 0.4) is 0 Å². The van der Waals surface area contributed by atoms with E-state index >= 15 is 0 Å². The van der Waals surface area contributed by atoms with E-state index in [9.17, 15) is 9.59 Å². The van der Waals surface area contributed by atoms with Crippen LogP contribution in [0, 0.1) is 5.92 Å². The van der Waals surface area contributed by atoms with E-state index < -0.39 is 5.97 Å². The van der Waals surface area contributed by atoms with Crippen LogP contribution >= 0.6 is 0 Å². The molecule has 1 rings (SSSR count). The molecule has 1 heterocycles. The standard InChI is InChI=1S/C14H26N2O4/c1-2-11(10-15)9-13(17)16-6-3-12(4-7-16)20-8-5-14(18)19/h11-12H,2-10,15H2,1H3,(H,18,19). The number of carboxylic acid groups (broad SMARTS) is 1. The molecule has 0 radical (unpaired) electrons. The highest BCUT2D eigenvalue weighted by Crippen LogP contribution is 2.17. The Hall–Kier alpha value is -1.14. The van der Waals surface area contributed by atoms with Gasteiger partial charge in [-0.1, -0.05) is 13.3 Å². The number of carbonyl (C=O) groups excluding carboxylic acids is 1. The van der Waals surface area contributed by atoms with Crippen LogP contribution < -0.4 is 5.73 Å². The second kappa shape index (κ2) is 8.92. The van der Waals surface area contributed by atoms with Gasteiger partial charge in [0.15, 0.2) is 0 Å². The zero-order valence-electron chi connectivity index (χ0n) is 12.2. The van der Waals surface area contributed by atoms with Crippen LogP contribution in [0.1, 0.15) is 39.0 Å². The molecule has 1 aliphatic heterocycles. The van der Waals surface area contributed by atoms with E-state index in [2.05, 4.69) is 0 Å². The summed E-state index contributed by atoms with van der Waals surface area (Å²) in [5.41, 5.74) is 5.62. The molecule has 1 atom stereocenters. The van der Waals surface area contributed by atoms with Crippen molar-refractivity contribution in [1.29, 1.82) is 0 Å². The number of rotatable bonds is 8. The van der Waals surface area contributed by atoms with Crippen LogP contribution in [0.5, 0.6) is 0 Å². The summed E-state index contributed by atoms with van der Waals surface area (Å²) < 4.78 is 5.51. The Kier molecular flexibility index (Phi) is 7.54. The van der Waals surface area contributed by atoms with Crippen molar-refractivity contribution in [3.8, 4) is 0 Å². The van der Waals surface area contributed by atoms with Crippen LogP contribution in [0.15, 0.2) is 0 Å². The Labute approximate surface area is 120 Å². The molecule has 1 saturated heterocycles. The molecular weight excluding hydrogens is 260 g/mol. The lowest BCUT2D eigenvalue weighted by molar-refractivity contribution is -0.139. The minimum Gasteiger partial charge on any atom is -0.481 e. The lowest BCUT2D eigenvalue weighted by Crippen LogP contribution is -2.42. The SMILES string of the molecule is CCC(CN)CC(=O)N1CCC(OCCC(=O)O)CC1. The Bertz CT molecular complexity index is 310. The Balaban J connectivity index is 2.24. The number of ether oxygens (including phenoxy) is 1. The highest BCUT2D eigenvalue weighted by atomic mass is 16.5. The molecule has 6 nitrogen and oxygen atoms in total. The normalized spacial score (nSPS) is 18.0. The molecule has 0 aliphatic carbocycles. The molecule has 0 saturated carbocycles. The first-order chi connectivity index (χ1) is 9.56. The average Bonchev–Trinajstić information content (AvgIpc) is 2.44. The van der Waals surface area contributed by atoms with E-state index in [0.717, 1.165) is 19.3 Å². The van der Waals surface area contributed by atoms with Crippen molar-refractivity contribution in [3.05, 3.63) is 0 Å². The number of aliphatic carboxylic acids is 1. The maximum absolute atomic E-state index is 12.1. The van der Waals surface area contributed by atoms with Crippen LogP contribution in [-0.4, -0.2) is 54.2 Å². The summed E-state index contributed by atoms with van der Waals surface area (Å²) in [5, 5.41) is 8.55. The van der Waals surface area contributed by atoms with Crippen molar-refractivity contribution in [3.63, 3.8) is 0 Å². The highest BCUT2D eigenvalue weighted by molar-refractivity contribution is 5.76. The van der Waals surface area contributed by atoms with Crippen molar-refractivity contribution in [2.24, 2.45) is 11.7 Å². The summed E-state index contributed by atoms with van der Waals surface area (Å²) in [6, 6.07) is 0. The molecule has 1 unspecified atom stereocenters. The molecule has 0 spiro atoms. The number of hydrogen-bond acceptors (Lipinski definition) is 4. The Morgan fingerprint density at radius 1 is 1.40 bits per heavy atom. The molecule has 0 aromatic carbocycles. The monoisotopic (exact) mass is 286 g/mol. The van der Waals surface area contributed by atoms with Gasteiger partial charge in [-0.15, -0.1) is 0 Å². The summed E-state index contributed by atoms with van der Waals surface area (Å²) in [6.07, 6.45) is 3.13. The van der Waals surface area contributed by atoms with Gasteiger partial charge >= 0.3 is 5.97 Å². The number of hydrogen-bond donors (Lipinski definition) is 2. The van der Waals surface area contributed by atoms with Crippen molar-refractivity contribution in [1.82, 2.24) is 4.90 Å². The van der Waals surface area contributed by atoms with Crippen molar-refractivity contribution >= 4 is 11.9 Å². The van der Waals surface area contributed by atoms with Gasteiger partial charge in [-0.3, -0.25) is 9.59 Å². The topological polar surface area (TPSA) is 92.9 Å². The van der Waals surface area contributed by atoms with Gasteiger partial charge in [-0.25, -0.2) is 0 Å². The third-order valence-corrected chi connectivity index (χ3v) is 3.84. The smallest absolute Gasteiger partial charge is 0.305 e. The largest absolute Gasteiger partial charge is 0.481 e. The molecule has 0 aromatic heterocycles. The minimum absolute atomic E-state index is 0.0355. The number of piperidine rings is 1. The fraction of sp³-hybridized carbons (Fsp3) is 0.857. The van der Waals surface area contributed by atoms with Crippen LogP contribution in [0.25, 0.3) is 0 Å². The van der Waals surface area contributed by atoms with Gasteiger partial charge in [0, 0.05) is 19.5 Å². The number of nitrogens with zero attached hydrogens (tertiary/aromatic N) is 1. The van der Waals surface area contributed by atoms with Crippen molar-refractivity contribution < 1.29 is 19.4 Å². The van der Waals surface area contributed by atoms with Gasteiger partial charge in [-0.05, 0) is 25.3 Å². The molecule has 116 valence electrons. The molecule has 0 bridgehead atoms. The van der Waals surface area contributed by atoms with E-state index in [1.165, 1.54) is 0 Å². The second-order valence-electron chi connectivity index (χ2n) is 5.31. The van der Waals surface area contributed by atoms with Gasteiger partial charge in [0.1, 0.15) is 0 Å². The maximum atomic E-state index is 12.1. The first-order valence-electron chi connectivity index (χ1n) is 7.38. The molecule has 1 aliphatic rings. The van der Waals surface area contributed by atoms with E-state index in [1.54, 1.807) is 0 Å². The van der Waals surface area contributed by atoms with E-state index in [1.807, 2.05) is 11.8 Å². The molecular formula is C14H26N2O4. The third kappa shape index (κ3) is 5.88. The summed E-state index contributed by atoms with van der Waals surface area (Å²) in [4.78, 5) is 24.4. The Morgan fingerprint density at radius 3 is 2.55 bits per heavy atom. The van der Waals surface area contributed by atoms with Crippen molar-refractivity contribution in [2.75, 3.05) is 26.2 Å². The predicted molar refractivity (Wildman–Crippen MR) is 75.3 cm³/mol. The van der Waals surface area contributed by atoms with Crippen molar-refractivity contribution in [2.45, 2.75) is 45.1 Å². The van der Waals surface area contributed by atoms with Gasteiger partial charge in [0.25, 0.3) is 0 Å². The van der Waals surface area contributed by atoms with Gasteiger partial charge in [0.2, 0.25) is 5.91 Å². The minimum atomic E-state index is -0.843. The lowest BCUT2D eigenvalue weighted by atomic mass is 10.0. The first kappa shape index (κ1) is 16.9. The molecule has 1 fully saturated rings. The number of carboxylic acids is 1. The maximum Gasteiger partial charge on any atom is 0.305 e. The lowest BCUT2D eigenvalue weighted by Gasteiger charge is -2.32. The zero-order valence-corrected chi connectivity index (χ0v) is 12.2. The quantitative estimate of drug-likeness (QED) is 0.690. The predicted octanol–water partition coefficient (Wildman–Crippen LogP) is 0.844. The van der Waals surface area contributed by atoms with Crippen LogP contribution in [-0.2, 0) is 14.3 Å². The van der Waals surface area contributed by atoms with E-state index in [4.69, 9.17) is 15.6 Å². The first-order valence-corrected chi connectivity index (χ1v) is 7.38. The second-order valence-corrected chi connectivity index (χ2v) is 5.31. The Morgan fingerprint density at radius 2 is 2.05 bits per heavy atom. The summed E-state index contributed by atoms with van der Waals surface area (Å²) in [7, 11) is 0. The fourth-order valence-electron chi connectivity index (χ4n) is 2.36. The average molecular weight is 286 g/mol. The molecule has 20 heavy (non-hydrogen) atoms. The number of carbonyl (C=O) groups is 2. The molecule has 6 heteroatoms. The third-order valence-electron chi connectivity index (χ3n) is 3.84. The molecule has 1 amide bonds. The van der Waals surface area contributed by atoms with E-state index in [0.29, 0.717) is 26.1 Å². The van der Waals surface area contributed by atoms with Crippen LogP contribution in [0.2, 0.25) is 0 Å². The van der Waals surface area contributed by atoms with Gasteiger partial charge in [-0.2, -0.15) is 0 Å². The van der Waals surface area contributed by atoms with Gasteiger partial charge in [0.05, 0.1) is 19.1 Å². The summed E-state index contributed by atoms with van der Waals surface area (Å²) in [5.74, 6) is -0.400. The zero-order chi connectivity index (χ0) is 15.0. The highest BCUT2D eigenvalue weighted by Gasteiger charge is 2.24. The number of likely N-dealkylation sites (tertiary alicyclic amines) is 1. The summed E-state index contributed by atoms with van der Waals surface area (Å²) >= 11 is 0. The van der Waals surface area contributed by atoms with E-state index in [-0.39, 0.29) is 31.0 Å². The molecule has 3 N–H and O–H groups in total. The van der Waals surface area contributed by atoms with Gasteiger partial charge < -0.3 is 20.5 Å². The van der Waals surface area contributed by atoms with Crippen LogP contribution in [0.4, 0.5) is 0 Å². The number of amides is 1. The number of nitrogens with two attached hydrogens (primary N) is 1. The molecule has 0 aromatic rings.